The third-order valence-corrected chi connectivity index (χ3v) is 9.02. The van der Waals surface area contributed by atoms with Crippen LogP contribution in [0.15, 0.2) is 94.7 Å². The van der Waals surface area contributed by atoms with Gasteiger partial charge in [-0.05, 0) is 66.9 Å². The highest BCUT2D eigenvalue weighted by Gasteiger charge is 2.36. The third kappa shape index (κ3) is 5.87. The van der Waals surface area contributed by atoms with E-state index >= 15 is 0 Å². The molecule has 206 valence electrons. The zero-order valence-electron chi connectivity index (χ0n) is 22.8. The van der Waals surface area contributed by atoms with Gasteiger partial charge in [-0.25, -0.2) is 0 Å². The van der Waals surface area contributed by atoms with Gasteiger partial charge in [-0.2, -0.15) is 10.0 Å². The zero-order valence-corrected chi connectivity index (χ0v) is 24.5. The van der Waals surface area contributed by atoms with Crippen molar-refractivity contribution >= 4 is 61.8 Å². The summed E-state index contributed by atoms with van der Waals surface area (Å²) in [6.07, 6.45) is 4.64. The number of hydrogen-bond donors (Lipinski definition) is 1. The molecule has 41 heavy (non-hydrogen) atoms. The van der Waals surface area contributed by atoms with Gasteiger partial charge in [0, 0.05) is 35.0 Å². The predicted octanol–water partition coefficient (Wildman–Crippen LogP) is 7.24. The number of benzene rings is 3. The van der Waals surface area contributed by atoms with Gasteiger partial charge in [0.1, 0.15) is 5.75 Å². The minimum atomic E-state index is -0.419. The second kappa shape index (κ2) is 11.8. The number of aryl methyl sites for hydroxylation is 3. The van der Waals surface area contributed by atoms with Crippen LogP contribution in [0.25, 0.3) is 17.0 Å². The summed E-state index contributed by atoms with van der Waals surface area (Å²) in [5.74, 6) is 1.30. The number of rotatable bonds is 8. The number of amides is 1. The van der Waals surface area contributed by atoms with E-state index in [1.54, 1.807) is 17.8 Å². The molecule has 1 amide bonds. The molecular weight excluding hydrogens is 551 g/mol. The Morgan fingerprint density at radius 2 is 1.85 bits per heavy atom. The molecule has 4 aromatic rings. The second-order valence-corrected chi connectivity index (χ2v) is 12.1. The standard InChI is InChI=1S/C32H29N5O2S2/c1-21-13-14-22(2)28(17-21)39-16-8-15-36-19-24(25-11-6-7-12-27(25)36)18-26-29(33)37-31(34-30(26)38)41-32(35-37)40-20-23-9-4-3-5-10-23/h3-7,9-14,17-19,33H,8,15-16,20H2,1-2H3/b26-18-,33-29?. The number of carbonyl (C=O) groups excluding carboxylic acids is 1. The Morgan fingerprint density at radius 1 is 1.05 bits per heavy atom. The number of aromatic nitrogens is 1. The number of fused-ring (bicyclic) bond motifs is 2. The van der Waals surface area contributed by atoms with Crippen molar-refractivity contribution in [3.8, 4) is 5.75 Å². The molecule has 0 aliphatic carbocycles. The zero-order chi connectivity index (χ0) is 28.3. The summed E-state index contributed by atoms with van der Waals surface area (Å²) < 4.78 is 9.02. The van der Waals surface area contributed by atoms with Crippen molar-refractivity contribution in [3.63, 3.8) is 0 Å². The van der Waals surface area contributed by atoms with Gasteiger partial charge in [-0.3, -0.25) is 10.2 Å². The van der Waals surface area contributed by atoms with Gasteiger partial charge >= 0.3 is 0 Å². The van der Waals surface area contributed by atoms with Crippen molar-refractivity contribution < 1.29 is 9.53 Å². The fourth-order valence-corrected chi connectivity index (χ4v) is 6.65. The van der Waals surface area contributed by atoms with Crippen LogP contribution in [0.2, 0.25) is 0 Å². The van der Waals surface area contributed by atoms with Gasteiger partial charge < -0.3 is 9.30 Å². The first-order valence-electron chi connectivity index (χ1n) is 13.4. The maximum Gasteiger partial charge on any atom is 0.283 e. The van der Waals surface area contributed by atoms with E-state index in [9.17, 15) is 4.79 Å². The van der Waals surface area contributed by atoms with Gasteiger partial charge in [0.25, 0.3) is 5.91 Å². The van der Waals surface area contributed by atoms with Crippen molar-refractivity contribution in [3.05, 3.63) is 107 Å². The minimum Gasteiger partial charge on any atom is -0.493 e. The van der Waals surface area contributed by atoms with E-state index in [4.69, 9.17) is 10.1 Å². The number of hydrogen-bond acceptors (Lipinski definition) is 6. The number of aliphatic imine (C=N–C) groups is 1. The molecule has 1 N–H and O–H groups in total. The summed E-state index contributed by atoms with van der Waals surface area (Å²) in [5.41, 5.74) is 5.67. The van der Waals surface area contributed by atoms with Crippen molar-refractivity contribution in [2.75, 3.05) is 6.61 Å². The maximum absolute atomic E-state index is 13.1. The normalized spacial score (nSPS) is 15.9. The Kier molecular flexibility index (Phi) is 7.80. The van der Waals surface area contributed by atoms with Gasteiger partial charge in [-0.15, -0.1) is 5.10 Å². The summed E-state index contributed by atoms with van der Waals surface area (Å²) in [6, 6.07) is 24.5. The van der Waals surface area contributed by atoms with Crippen molar-refractivity contribution in [1.82, 2.24) is 9.58 Å². The van der Waals surface area contributed by atoms with Crippen LogP contribution in [0.4, 0.5) is 0 Å². The molecule has 7 nitrogen and oxygen atoms in total. The molecule has 0 unspecified atom stereocenters. The molecule has 0 spiro atoms. The maximum atomic E-state index is 13.1. The summed E-state index contributed by atoms with van der Waals surface area (Å²) in [6.45, 7) is 5.48. The molecule has 0 fully saturated rings. The molecule has 2 aliphatic rings. The van der Waals surface area contributed by atoms with E-state index in [-0.39, 0.29) is 11.4 Å². The summed E-state index contributed by atoms with van der Waals surface area (Å²) in [7, 11) is 0. The largest absolute Gasteiger partial charge is 0.493 e. The number of para-hydroxylation sites is 1. The van der Waals surface area contributed by atoms with E-state index < -0.39 is 5.91 Å². The van der Waals surface area contributed by atoms with Gasteiger partial charge in [-0.1, -0.05) is 72.4 Å². The molecule has 9 heteroatoms. The smallest absolute Gasteiger partial charge is 0.283 e. The van der Waals surface area contributed by atoms with Crippen molar-refractivity contribution in [2.24, 2.45) is 10.1 Å². The highest BCUT2D eigenvalue weighted by Crippen LogP contribution is 2.34. The number of amidine groups is 2. The van der Waals surface area contributed by atoms with Crippen LogP contribution in [0.5, 0.6) is 5.75 Å². The van der Waals surface area contributed by atoms with E-state index in [0.29, 0.717) is 11.8 Å². The Balaban J connectivity index is 1.18. The number of ether oxygens (including phenoxy) is 1. The molecular formula is C32H29N5O2S2. The van der Waals surface area contributed by atoms with Crippen LogP contribution < -0.4 is 4.74 Å². The molecule has 2 aliphatic heterocycles. The lowest BCUT2D eigenvalue weighted by atomic mass is 10.1. The number of carbonyl (C=O) groups is 1. The fourth-order valence-electron chi connectivity index (χ4n) is 4.76. The highest BCUT2D eigenvalue weighted by atomic mass is 32.2. The monoisotopic (exact) mass is 579 g/mol. The van der Waals surface area contributed by atoms with Gasteiger partial charge in [0.2, 0.25) is 5.17 Å². The molecule has 0 radical (unpaired) electrons. The van der Waals surface area contributed by atoms with Crippen LogP contribution >= 0.6 is 23.5 Å². The third-order valence-electron chi connectivity index (χ3n) is 6.90. The van der Waals surface area contributed by atoms with Crippen LogP contribution in [0, 0.1) is 19.3 Å². The van der Waals surface area contributed by atoms with E-state index in [2.05, 4.69) is 64.9 Å². The lowest BCUT2D eigenvalue weighted by Crippen LogP contribution is -2.35. The highest BCUT2D eigenvalue weighted by molar-refractivity contribution is 8.45. The summed E-state index contributed by atoms with van der Waals surface area (Å²) in [4.78, 5) is 17.3. The average molecular weight is 580 g/mol. The number of nitrogens with one attached hydrogen (secondary N) is 1. The molecule has 0 saturated heterocycles. The number of nitrogens with zero attached hydrogens (tertiary/aromatic N) is 4. The Bertz CT molecular complexity index is 1740. The molecule has 3 heterocycles. The number of thioether (sulfide) groups is 2. The Hall–Kier alpha value is -4.08. The van der Waals surface area contributed by atoms with E-state index in [1.807, 2.05) is 42.6 Å². The molecule has 0 saturated carbocycles. The van der Waals surface area contributed by atoms with Gasteiger partial charge in [0.15, 0.2) is 10.2 Å². The number of hydrazone groups is 1. The van der Waals surface area contributed by atoms with Crippen LogP contribution in [0.1, 0.15) is 28.7 Å². The average Bonchev–Trinajstić information content (AvgIpc) is 3.55. The predicted molar refractivity (Wildman–Crippen MR) is 171 cm³/mol. The second-order valence-electron chi connectivity index (χ2n) is 9.93. The summed E-state index contributed by atoms with van der Waals surface area (Å²) in [5, 5.41) is 16.3. The van der Waals surface area contributed by atoms with E-state index in [0.717, 1.165) is 50.9 Å². The van der Waals surface area contributed by atoms with Crippen molar-refractivity contribution in [1.29, 1.82) is 5.41 Å². The van der Waals surface area contributed by atoms with Crippen LogP contribution in [-0.4, -0.2) is 37.5 Å². The topological polar surface area (TPSA) is 83.0 Å². The first-order chi connectivity index (χ1) is 20.0. The van der Waals surface area contributed by atoms with E-state index in [1.165, 1.54) is 27.9 Å². The van der Waals surface area contributed by atoms with Crippen LogP contribution in [0.3, 0.4) is 0 Å². The first kappa shape index (κ1) is 27.1. The van der Waals surface area contributed by atoms with Gasteiger partial charge in [0.05, 0.1) is 12.2 Å². The molecule has 6 rings (SSSR count). The molecule has 0 atom stereocenters. The molecule has 0 bridgehead atoms. The Labute approximate surface area is 247 Å². The minimum absolute atomic E-state index is 0.0431. The SMILES string of the molecule is Cc1ccc(C)c(OCCCn2cc(/C=C3/C(=N)N4N=C(SCc5ccccc5)SC4=NC3=O)c3ccccc32)c1. The fraction of sp³-hybridized carbons (Fsp3) is 0.188. The molecule has 1 aromatic heterocycles. The molecule has 3 aromatic carbocycles. The quantitative estimate of drug-likeness (QED) is 0.176. The van der Waals surface area contributed by atoms with Crippen molar-refractivity contribution in [2.45, 2.75) is 32.6 Å². The first-order valence-corrected chi connectivity index (χ1v) is 15.2. The van der Waals surface area contributed by atoms with Crippen LogP contribution in [-0.2, 0) is 17.1 Å². The summed E-state index contributed by atoms with van der Waals surface area (Å²) >= 11 is 2.91. The lowest BCUT2D eigenvalue weighted by molar-refractivity contribution is -0.114. The Morgan fingerprint density at radius 3 is 2.71 bits per heavy atom. The lowest BCUT2D eigenvalue weighted by Gasteiger charge is -2.20.